The molecule has 0 rings (SSSR count). The summed E-state index contributed by atoms with van der Waals surface area (Å²) in [7, 11) is -7.28. The van der Waals surface area contributed by atoms with E-state index in [1.54, 1.807) is 0 Å². The number of nitrogens with zero attached hydrogens (tertiary/aromatic N) is 1. The predicted molar refractivity (Wildman–Crippen MR) is 87.7 cm³/mol. The standard InChI is InChI=1S/C14H27NO6S2/c1-22(16,17)20-13-14(21-23(2,18)19)11-9-7-5-3-4-6-8-10-12-15/h14H,3-11,13H2,1-2H3/t14-/m0/s1. The van der Waals surface area contributed by atoms with E-state index in [1.165, 1.54) is 0 Å². The second-order valence-electron chi connectivity index (χ2n) is 5.58. The molecule has 0 spiro atoms. The van der Waals surface area contributed by atoms with Crippen molar-refractivity contribution in [2.24, 2.45) is 0 Å². The van der Waals surface area contributed by atoms with Gasteiger partial charge in [-0.05, 0) is 12.8 Å². The molecule has 0 aliphatic heterocycles. The molecule has 0 aromatic heterocycles. The summed E-state index contributed by atoms with van der Waals surface area (Å²) < 4.78 is 53.8. The van der Waals surface area contributed by atoms with Crippen molar-refractivity contribution in [2.75, 3.05) is 19.1 Å². The van der Waals surface area contributed by atoms with E-state index in [9.17, 15) is 16.8 Å². The summed E-state index contributed by atoms with van der Waals surface area (Å²) in [5, 5.41) is 8.41. The van der Waals surface area contributed by atoms with Crippen LogP contribution < -0.4 is 0 Å². The fourth-order valence-corrected chi connectivity index (χ4v) is 3.11. The molecule has 0 unspecified atom stereocenters. The smallest absolute Gasteiger partial charge is 0.264 e. The van der Waals surface area contributed by atoms with Crippen LogP contribution in [0.15, 0.2) is 0 Å². The van der Waals surface area contributed by atoms with E-state index in [1.807, 2.05) is 0 Å². The molecule has 0 saturated carbocycles. The zero-order chi connectivity index (χ0) is 17.8. The molecule has 7 nitrogen and oxygen atoms in total. The molecule has 0 aliphatic rings. The third kappa shape index (κ3) is 17.5. The van der Waals surface area contributed by atoms with Gasteiger partial charge in [0, 0.05) is 6.42 Å². The molecule has 0 amide bonds. The van der Waals surface area contributed by atoms with E-state index in [0.717, 1.165) is 57.5 Å². The number of hydrogen-bond acceptors (Lipinski definition) is 7. The van der Waals surface area contributed by atoms with Crippen LogP contribution in [0.25, 0.3) is 0 Å². The Morgan fingerprint density at radius 3 is 1.87 bits per heavy atom. The zero-order valence-corrected chi connectivity index (χ0v) is 15.5. The molecule has 136 valence electrons. The quantitative estimate of drug-likeness (QED) is 0.341. The SMILES string of the molecule is CS(=O)(=O)OC[C@H](CCCCCCCCCC#N)OS(C)(=O)=O. The van der Waals surface area contributed by atoms with Crippen LogP contribution >= 0.6 is 0 Å². The number of rotatable bonds is 14. The molecule has 0 heterocycles. The summed E-state index contributed by atoms with van der Waals surface area (Å²) in [5.41, 5.74) is 0. The van der Waals surface area contributed by atoms with Gasteiger partial charge < -0.3 is 0 Å². The fourth-order valence-electron chi connectivity index (χ4n) is 2.07. The van der Waals surface area contributed by atoms with E-state index in [-0.39, 0.29) is 6.61 Å². The molecule has 1 atom stereocenters. The molecular weight excluding hydrogens is 342 g/mol. The molecule has 0 saturated heterocycles. The van der Waals surface area contributed by atoms with Crippen molar-refractivity contribution in [2.45, 2.75) is 63.9 Å². The summed E-state index contributed by atoms with van der Waals surface area (Å²) in [6, 6.07) is 2.11. The van der Waals surface area contributed by atoms with Gasteiger partial charge in [0.2, 0.25) is 0 Å². The van der Waals surface area contributed by atoms with Gasteiger partial charge in [0.15, 0.2) is 0 Å². The first-order valence-corrected chi connectivity index (χ1v) is 11.4. The van der Waals surface area contributed by atoms with Gasteiger partial charge in [-0.1, -0.05) is 38.5 Å². The summed E-state index contributed by atoms with van der Waals surface area (Å²) in [5.74, 6) is 0. The lowest BCUT2D eigenvalue weighted by atomic mass is 10.1. The highest BCUT2D eigenvalue weighted by atomic mass is 32.2. The third-order valence-electron chi connectivity index (χ3n) is 3.09. The van der Waals surface area contributed by atoms with Crippen LogP contribution in [-0.2, 0) is 28.6 Å². The van der Waals surface area contributed by atoms with Crippen LogP contribution in [0.5, 0.6) is 0 Å². The number of unbranched alkanes of at least 4 members (excludes halogenated alkanes) is 7. The third-order valence-corrected chi connectivity index (χ3v) is 4.28. The molecule has 0 aromatic rings. The van der Waals surface area contributed by atoms with Crippen molar-refractivity contribution in [1.29, 1.82) is 5.26 Å². The first kappa shape index (κ1) is 22.3. The van der Waals surface area contributed by atoms with E-state index in [4.69, 9.17) is 9.44 Å². The second-order valence-corrected chi connectivity index (χ2v) is 8.83. The highest BCUT2D eigenvalue weighted by Crippen LogP contribution is 2.13. The lowest BCUT2D eigenvalue weighted by Crippen LogP contribution is -2.24. The van der Waals surface area contributed by atoms with Crippen LogP contribution in [0.2, 0.25) is 0 Å². The Kier molecular flexibility index (Phi) is 11.4. The van der Waals surface area contributed by atoms with Gasteiger partial charge in [0.1, 0.15) is 6.10 Å². The summed E-state index contributed by atoms with van der Waals surface area (Å²) in [6.07, 6.45) is 8.91. The summed E-state index contributed by atoms with van der Waals surface area (Å²) >= 11 is 0. The first-order valence-electron chi connectivity index (χ1n) is 7.73. The van der Waals surface area contributed by atoms with Crippen LogP contribution in [0.4, 0.5) is 0 Å². The van der Waals surface area contributed by atoms with Gasteiger partial charge in [-0.3, -0.25) is 8.37 Å². The number of hydrogen-bond donors (Lipinski definition) is 0. The van der Waals surface area contributed by atoms with Crippen molar-refractivity contribution in [1.82, 2.24) is 0 Å². The highest BCUT2D eigenvalue weighted by Gasteiger charge is 2.18. The molecule has 0 N–H and O–H groups in total. The Morgan fingerprint density at radius 2 is 1.39 bits per heavy atom. The molecule has 0 aliphatic carbocycles. The van der Waals surface area contributed by atoms with E-state index < -0.39 is 26.3 Å². The van der Waals surface area contributed by atoms with Gasteiger partial charge in [0.25, 0.3) is 20.2 Å². The molecule has 0 bridgehead atoms. The van der Waals surface area contributed by atoms with Crippen molar-refractivity contribution in [3.05, 3.63) is 0 Å². The van der Waals surface area contributed by atoms with Crippen LogP contribution in [0.1, 0.15) is 57.8 Å². The number of nitriles is 1. The Bertz CT molecular complexity index is 550. The Labute approximate surface area is 140 Å². The first-order chi connectivity index (χ1) is 10.6. The maximum absolute atomic E-state index is 11.2. The van der Waals surface area contributed by atoms with Crippen LogP contribution in [0, 0.1) is 11.3 Å². The molecule has 0 radical (unpaired) electrons. The minimum absolute atomic E-state index is 0.292. The topological polar surface area (TPSA) is 111 Å². The zero-order valence-electron chi connectivity index (χ0n) is 13.9. The van der Waals surface area contributed by atoms with Gasteiger partial charge >= 0.3 is 0 Å². The lowest BCUT2D eigenvalue weighted by Gasteiger charge is -2.15. The normalized spacial score (nSPS) is 13.6. The monoisotopic (exact) mass is 369 g/mol. The lowest BCUT2D eigenvalue weighted by molar-refractivity contribution is 0.129. The molecule has 0 aromatic carbocycles. The second kappa shape index (κ2) is 11.8. The Balaban J connectivity index is 3.94. The average molecular weight is 370 g/mol. The van der Waals surface area contributed by atoms with Gasteiger partial charge in [-0.2, -0.15) is 22.1 Å². The minimum atomic E-state index is -3.65. The van der Waals surface area contributed by atoms with Crippen LogP contribution in [0.3, 0.4) is 0 Å². The molecule has 23 heavy (non-hydrogen) atoms. The van der Waals surface area contributed by atoms with Crippen molar-refractivity contribution in [3.63, 3.8) is 0 Å². The fraction of sp³-hybridized carbons (Fsp3) is 0.929. The summed E-state index contributed by atoms with van der Waals surface area (Å²) in [4.78, 5) is 0. The van der Waals surface area contributed by atoms with Gasteiger partial charge in [-0.25, -0.2) is 0 Å². The summed E-state index contributed by atoms with van der Waals surface area (Å²) in [6.45, 7) is -0.292. The van der Waals surface area contributed by atoms with E-state index >= 15 is 0 Å². The van der Waals surface area contributed by atoms with Crippen molar-refractivity contribution >= 4 is 20.2 Å². The highest BCUT2D eigenvalue weighted by molar-refractivity contribution is 7.86. The maximum Gasteiger partial charge on any atom is 0.264 e. The van der Waals surface area contributed by atoms with E-state index in [0.29, 0.717) is 12.8 Å². The van der Waals surface area contributed by atoms with Crippen molar-refractivity contribution < 1.29 is 25.2 Å². The molecule has 9 heteroatoms. The molecule has 0 fully saturated rings. The van der Waals surface area contributed by atoms with Crippen molar-refractivity contribution in [3.8, 4) is 6.07 Å². The maximum atomic E-state index is 11.2. The Hall–Kier alpha value is -0.690. The minimum Gasteiger partial charge on any atom is -0.268 e. The van der Waals surface area contributed by atoms with Gasteiger partial charge in [-0.15, -0.1) is 0 Å². The van der Waals surface area contributed by atoms with Crippen LogP contribution in [-0.4, -0.2) is 42.1 Å². The predicted octanol–water partition coefficient (Wildman–Crippen LogP) is 2.34. The Morgan fingerprint density at radius 1 is 0.870 bits per heavy atom. The largest absolute Gasteiger partial charge is 0.268 e. The average Bonchev–Trinajstić information content (AvgIpc) is 2.40. The molecular formula is C14H27NO6S2. The van der Waals surface area contributed by atoms with E-state index in [2.05, 4.69) is 10.3 Å². The van der Waals surface area contributed by atoms with Gasteiger partial charge in [0.05, 0.1) is 25.2 Å².